The van der Waals surface area contributed by atoms with Gasteiger partial charge < -0.3 is 15.0 Å². The largest absolute Gasteiger partial charge is 0.385 e. The predicted molar refractivity (Wildman–Crippen MR) is 119 cm³/mol. The second-order valence-electron chi connectivity index (χ2n) is 8.23. The SMILES string of the molecule is COCCCNC(=O)C(C1CCCC1)N1CCN(C(=O)/C=C/c2ccccc2)CC1. The predicted octanol–water partition coefficient (Wildman–Crippen LogP) is 2.56. The number of benzene rings is 1. The van der Waals surface area contributed by atoms with E-state index < -0.39 is 0 Å². The number of piperazine rings is 1. The molecule has 1 aliphatic heterocycles. The van der Waals surface area contributed by atoms with Gasteiger partial charge >= 0.3 is 0 Å². The average Bonchev–Trinajstić information content (AvgIpc) is 3.31. The summed E-state index contributed by atoms with van der Waals surface area (Å²) in [5.74, 6) is 0.606. The van der Waals surface area contributed by atoms with Crippen molar-refractivity contribution in [3.05, 3.63) is 42.0 Å². The zero-order valence-electron chi connectivity index (χ0n) is 18.1. The van der Waals surface area contributed by atoms with Gasteiger partial charge in [-0.25, -0.2) is 0 Å². The van der Waals surface area contributed by atoms with Crippen molar-refractivity contribution in [3.8, 4) is 0 Å². The number of rotatable bonds is 9. The lowest BCUT2D eigenvalue weighted by Gasteiger charge is -2.40. The summed E-state index contributed by atoms with van der Waals surface area (Å²) in [6.07, 6.45) is 9.01. The van der Waals surface area contributed by atoms with Gasteiger partial charge in [0, 0.05) is 52.5 Å². The van der Waals surface area contributed by atoms with Crippen LogP contribution in [-0.4, -0.2) is 74.1 Å². The van der Waals surface area contributed by atoms with E-state index in [2.05, 4.69) is 10.2 Å². The van der Waals surface area contributed by atoms with E-state index in [0.29, 0.717) is 32.2 Å². The van der Waals surface area contributed by atoms with E-state index >= 15 is 0 Å². The Balaban J connectivity index is 1.53. The Morgan fingerprint density at radius 3 is 2.50 bits per heavy atom. The lowest BCUT2D eigenvalue weighted by molar-refractivity contribution is -0.132. The van der Waals surface area contributed by atoms with Gasteiger partial charge in [-0.05, 0) is 36.8 Å². The summed E-state index contributed by atoms with van der Waals surface area (Å²) in [6, 6.07) is 9.79. The number of nitrogens with zero attached hydrogens (tertiary/aromatic N) is 2. The normalized spacial score (nSPS) is 19.3. The van der Waals surface area contributed by atoms with Crippen molar-refractivity contribution in [1.82, 2.24) is 15.1 Å². The summed E-state index contributed by atoms with van der Waals surface area (Å²) >= 11 is 0. The van der Waals surface area contributed by atoms with Crippen LogP contribution in [0.5, 0.6) is 0 Å². The fourth-order valence-corrected chi connectivity index (χ4v) is 4.54. The highest BCUT2D eigenvalue weighted by atomic mass is 16.5. The maximum Gasteiger partial charge on any atom is 0.246 e. The van der Waals surface area contributed by atoms with Crippen molar-refractivity contribution in [2.75, 3.05) is 46.4 Å². The number of methoxy groups -OCH3 is 1. The first-order valence-corrected chi connectivity index (χ1v) is 11.2. The molecule has 164 valence electrons. The fraction of sp³-hybridized carbons (Fsp3) is 0.583. The van der Waals surface area contributed by atoms with E-state index in [1.807, 2.05) is 41.3 Å². The van der Waals surface area contributed by atoms with Gasteiger partial charge in [-0.1, -0.05) is 43.2 Å². The molecule has 2 fully saturated rings. The van der Waals surface area contributed by atoms with Gasteiger partial charge in [0.05, 0.1) is 6.04 Å². The van der Waals surface area contributed by atoms with E-state index in [9.17, 15) is 9.59 Å². The number of hydrogen-bond acceptors (Lipinski definition) is 4. The molecule has 2 aliphatic rings. The Morgan fingerprint density at radius 1 is 1.13 bits per heavy atom. The van der Waals surface area contributed by atoms with E-state index in [1.54, 1.807) is 13.2 Å². The zero-order valence-corrected chi connectivity index (χ0v) is 18.1. The minimum absolute atomic E-state index is 0.0416. The summed E-state index contributed by atoms with van der Waals surface area (Å²) in [7, 11) is 1.68. The molecule has 1 N–H and O–H groups in total. The number of carbonyl (C=O) groups excluding carboxylic acids is 2. The first-order chi connectivity index (χ1) is 14.7. The van der Waals surface area contributed by atoms with Crippen molar-refractivity contribution < 1.29 is 14.3 Å². The Labute approximate surface area is 180 Å². The van der Waals surface area contributed by atoms with E-state index in [-0.39, 0.29) is 17.9 Å². The van der Waals surface area contributed by atoms with Crippen molar-refractivity contribution in [3.63, 3.8) is 0 Å². The van der Waals surface area contributed by atoms with Gasteiger partial charge in [0.2, 0.25) is 11.8 Å². The number of amides is 2. The van der Waals surface area contributed by atoms with Crippen LogP contribution in [0.2, 0.25) is 0 Å². The number of nitrogens with one attached hydrogen (secondary N) is 1. The van der Waals surface area contributed by atoms with Crippen molar-refractivity contribution in [1.29, 1.82) is 0 Å². The number of carbonyl (C=O) groups is 2. The van der Waals surface area contributed by atoms with Gasteiger partial charge in [-0.3, -0.25) is 14.5 Å². The van der Waals surface area contributed by atoms with Crippen LogP contribution in [0.4, 0.5) is 0 Å². The quantitative estimate of drug-likeness (QED) is 0.499. The monoisotopic (exact) mass is 413 g/mol. The molecule has 0 spiro atoms. The molecule has 1 unspecified atom stereocenters. The molecule has 30 heavy (non-hydrogen) atoms. The third-order valence-corrected chi connectivity index (χ3v) is 6.18. The molecule has 6 heteroatoms. The second kappa shape index (κ2) is 11.9. The van der Waals surface area contributed by atoms with Gasteiger partial charge in [-0.2, -0.15) is 0 Å². The van der Waals surface area contributed by atoms with Crippen LogP contribution in [0, 0.1) is 5.92 Å². The molecule has 1 atom stereocenters. The van der Waals surface area contributed by atoms with Crippen molar-refractivity contribution in [2.24, 2.45) is 5.92 Å². The molecule has 3 rings (SSSR count). The topological polar surface area (TPSA) is 61.9 Å². The van der Waals surface area contributed by atoms with E-state index in [0.717, 1.165) is 37.9 Å². The smallest absolute Gasteiger partial charge is 0.246 e. The maximum atomic E-state index is 13.0. The van der Waals surface area contributed by atoms with Crippen LogP contribution in [0.1, 0.15) is 37.7 Å². The first-order valence-electron chi connectivity index (χ1n) is 11.2. The van der Waals surface area contributed by atoms with Crippen LogP contribution in [0.25, 0.3) is 6.08 Å². The van der Waals surface area contributed by atoms with Crippen molar-refractivity contribution in [2.45, 2.75) is 38.1 Å². The third-order valence-electron chi connectivity index (χ3n) is 6.18. The summed E-state index contributed by atoms with van der Waals surface area (Å²) in [4.78, 5) is 29.7. The van der Waals surface area contributed by atoms with Gasteiger partial charge in [0.1, 0.15) is 0 Å². The number of ether oxygens (including phenoxy) is 1. The fourth-order valence-electron chi connectivity index (χ4n) is 4.54. The van der Waals surface area contributed by atoms with E-state index in [4.69, 9.17) is 4.74 Å². The minimum Gasteiger partial charge on any atom is -0.385 e. The minimum atomic E-state index is -0.0767. The Morgan fingerprint density at radius 2 is 1.83 bits per heavy atom. The number of hydrogen-bond donors (Lipinski definition) is 1. The molecule has 1 saturated carbocycles. The molecule has 0 aromatic heterocycles. The Bertz CT molecular complexity index is 693. The van der Waals surface area contributed by atoms with Crippen LogP contribution in [0.15, 0.2) is 36.4 Å². The lowest BCUT2D eigenvalue weighted by atomic mass is 9.95. The van der Waals surface area contributed by atoms with E-state index in [1.165, 1.54) is 12.8 Å². The van der Waals surface area contributed by atoms with Gasteiger partial charge in [0.25, 0.3) is 0 Å². The molecule has 2 amide bonds. The first kappa shape index (κ1) is 22.5. The lowest BCUT2D eigenvalue weighted by Crippen LogP contribution is -2.57. The molecule has 1 saturated heterocycles. The standard InChI is InChI=1S/C24H35N3O3/c1-30-19-7-14-25-24(29)23(21-10-5-6-11-21)27-17-15-26(16-18-27)22(28)13-12-20-8-3-2-4-9-20/h2-4,8-9,12-13,21,23H,5-7,10-11,14-19H2,1H3,(H,25,29)/b13-12+. The second-order valence-corrected chi connectivity index (χ2v) is 8.23. The summed E-state index contributed by atoms with van der Waals surface area (Å²) in [5, 5.41) is 3.11. The maximum absolute atomic E-state index is 13.0. The van der Waals surface area contributed by atoms with Crippen LogP contribution in [0.3, 0.4) is 0 Å². The highest BCUT2D eigenvalue weighted by Gasteiger charge is 2.36. The van der Waals surface area contributed by atoms with Crippen LogP contribution >= 0.6 is 0 Å². The molecule has 1 aromatic rings. The average molecular weight is 414 g/mol. The summed E-state index contributed by atoms with van der Waals surface area (Å²) in [5.41, 5.74) is 1.02. The molecule has 1 aliphatic carbocycles. The molecule has 1 heterocycles. The molecule has 0 radical (unpaired) electrons. The van der Waals surface area contributed by atoms with Gasteiger partial charge in [0.15, 0.2) is 0 Å². The Hall–Kier alpha value is -2.18. The van der Waals surface area contributed by atoms with Gasteiger partial charge in [-0.15, -0.1) is 0 Å². The van der Waals surface area contributed by atoms with Crippen LogP contribution in [-0.2, 0) is 14.3 Å². The van der Waals surface area contributed by atoms with Crippen LogP contribution < -0.4 is 5.32 Å². The molecular formula is C24H35N3O3. The Kier molecular flexibility index (Phi) is 8.90. The highest BCUT2D eigenvalue weighted by molar-refractivity contribution is 5.91. The molecule has 0 bridgehead atoms. The molecular weight excluding hydrogens is 378 g/mol. The highest BCUT2D eigenvalue weighted by Crippen LogP contribution is 2.31. The summed E-state index contributed by atoms with van der Waals surface area (Å²) < 4.78 is 5.08. The van der Waals surface area contributed by atoms with Crippen molar-refractivity contribution >= 4 is 17.9 Å². The third kappa shape index (κ3) is 6.41. The zero-order chi connectivity index (χ0) is 21.2. The summed E-state index contributed by atoms with van der Waals surface area (Å²) in [6.45, 7) is 4.13. The molecule has 1 aromatic carbocycles. The molecule has 6 nitrogen and oxygen atoms in total.